The molecule has 0 spiro atoms. The average Bonchev–Trinajstić information content (AvgIpc) is 2.51. The summed E-state index contributed by atoms with van der Waals surface area (Å²) in [7, 11) is 1.91. The summed E-state index contributed by atoms with van der Waals surface area (Å²) in [6.45, 7) is 4.04. The molecule has 0 saturated carbocycles. The molecule has 2 N–H and O–H groups in total. The van der Waals surface area contributed by atoms with E-state index in [0.29, 0.717) is 5.52 Å². The van der Waals surface area contributed by atoms with Gasteiger partial charge in [-0.15, -0.1) is 0 Å². The van der Waals surface area contributed by atoms with Crippen molar-refractivity contribution in [1.82, 2.24) is 4.57 Å². The Morgan fingerprint density at radius 2 is 2.12 bits per heavy atom. The quantitative estimate of drug-likeness (QED) is 0.869. The number of aryl methyl sites for hydroxylation is 2. The van der Waals surface area contributed by atoms with E-state index in [0.717, 1.165) is 23.9 Å². The van der Waals surface area contributed by atoms with Crippen molar-refractivity contribution in [3.63, 3.8) is 0 Å². The summed E-state index contributed by atoms with van der Waals surface area (Å²) in [5.74, 6) is -0.153. The van der Waals surface area contributed by atoms with Crippen LogP contribution in [0, 0.1) is 12.7 Å². The highest BCUT2D eigenvalue weighted by Gasteiger charge is 2.14. The fourth-order valence-corrected chi connectivity index (χ4v) is 2.35. The van der Waals surface area contributed by atoms with Gasteiger partial charge in [0.1, 0.15) is 5.82 Å². The van der Waals surface area contributed by atoms with E-state index in [1.807, 2.05) is 31.5 Å². The number of nitrogens with zero attached hydrogens (tertiary/aromatic N) is 1. The van der Waals surface area contributed by atoms with Crippen molar-refractivity contribution in [2.75, 3.05) is 0 Å². The van der Waals surface area contributed by atoms with Crippen LogP contribution in [-0.4, -0.2) is 10.6 Å². The fraction of sp³-hybridized carbons (Fsp3) is 0.429. The maximum Gasteiger partial charge on any atom is 0.147 e. The molecule has 1 atom stereocenters. The summed E-state index contributed by atoms with van der Waals surface area (Å²) in [6, 6.07) is 5.45. The summed E-state index contributed by atoms with van der Waals surface area (Å²) in [5, 5.41) is 1.02. The van der Waals surface area contributed by atoms with Gasteiger partial charge in [-0.25, -0.2) is 4.39 Å². The fourth-order valence-electron chi connectivity index (χ4n) is 2.35. The lowest BCUT2D eigenvalue weighted by Gasteiger charge is -2.05. The Morgan fingerprint density at radius 3 is 2.76 bits per heavy atom. The molecule has 0 amide bonds. The van der Waals surface area contributed by atoms with Crippen LogP contribution in [0.4, 0.5) is 4.39 Å². The third-order valence-corrected chi connectivity index (χ3v) is 3.44. The van der Waals surface area contributed by atoms with Crippen molar-refractivity contribution < 1.29 is 4.39 Å². The van der Waals surface area contributed by atoms with E-state index in [2.05, 4.69) is 0 Å². The molecule has 1 aromatic heterocycles. The van der Waals surface area contributed by atoms with E-state index in [1.165, 1.54) is 11.6 Å². The Morgan fingerprint density at radius 1 is 1.41 bits per heavy atom. The van der Waals surface area contributed by atoms with Gasteiger partial charge in [0, 0.05) is 24.2 Å². The minimum Gasteiger partial charge on any atom is -0.345 e. The number of hydrogen-bond donors (Lipinski definition) is 1. The van der Waals surface area contributed by atoms with Gasteiger partial charge >= 0.3 is 0 Å². The van der Waals surface area contributed by atoms with E-state index in [1.54, 1.807) is 6.07 Å². The molecule has 0 aliphatic rings. The third kappa shape index (κ3) is 2.07. The van der Waals surface area contributed by atoms with Crippen molar-refractivity contribution in [3.8, 4) is 0 Å². The van der Waals surface area contributed by atoms with Crippen LogP contribution in [-0.2, 0) is 13.5 Å². The summed E-state index contributed by atoms with van der Waals surface area (Å²) >= 11 is 0. The Labute approximate surface area is 101 Å². The van der Waals surface area contributed by atoms with Gasteiger partial charge in [-0.05, 0) is 38.3 Å². The van der Waals surface area contributed by atoms with Gasteiger partial charge in [-0.2, -0.15) is 0 Å². The molecule has 92 valence electrons. The molecule has 17 heavy (non-hydrogen) atoms. The molecule has 0 saturated heterocycles. The van der Waals surface area contributed by atoms with Gasteiger partial charge in [0.05, 0.1) is 5.52 Å². The molecule has 1 aromatic carbocycles. The number of rotatable bonds is 3. The highest BCUT2D eigenvalue weighted by atomic mass is 19.1. The first-order valence-corrected chi connectivity index (χ1v) is 6.00. The first-order chi connectivity index (χ1) is 8.02. The second-order valence-corrected chi connectivity index (χ2v) is 4.77. The van der Waals surface area contributed by atoms with Crippen LogP contribution < -0.4 is 5.73 Å². The van der Waals surface area contributed by atoms with Gasteiger partial charge in [-0.1, -0.05) is 12.1 Å². The number of fused-ring (bicyclic) bond motifs is 1. The lowest BCUT2D eigenvalue weighted by Crippen LogP contribution is -2.15. The van der Waals surface area contributed by atoms with Gasteiger partial charge < -0.3 is 10.3 Å². The predicted molar refractivity (Wildman–Crippen MR) is 69.6 cm³/mol. The molecule has 1 heterocycles. The minimum absolute atomic E-state index is 0.153. The number of nitrogens with two attached hydrogens (primary N) is 1. The maximum absolute atomic E-state index is 13.8. The molecule has 2 rings (SSSR count). The number of benzene rings is 1. The molecule has 0 bridgehead atoms. The Bertz CT molecular complexity index is 541. The monoisotopic (exact) mass is 234 g/mol. The van der Waals surface area contributed by atoms with Crippen molar-refractivity contribution in [3.05, 3.63) is 35.3 Å². The topological polar surface area (TPSA) is 30.9 Å². The van der Waals surface area contributed by atoms with E-state index in [4.69, 9.17) is 5.73 Å². The highest BCUT2D eigenvalue weighted by molar-refractivity contribution is 5.86. The molecule has 3 heteroatoms. The van der Waals surface area contributed by atoms with Crippen molar-refractivity contribution in [2.24, 2.45) is 12.8 Å². The smallest absolute Gasteiger partial charge is 0.147 e. The first kappa shape index (κ1) is 12.1. The predicted octanol–water partition coefficient (Wildman–Crippen LogP) is 2.91. The molecular weight excluding hydrogens is 215 g/mol. The summed E-state index contributed by atoms with van der Waals surface area (Å²) in [6.07, 6.45) is 1.83. The van der Waals surface area contributed by atoms with E-state index in [9.17, 15) is 4.39 Å². The van der Waals surface area contributed by atoms with Crippen LogP contribution in [0.1, 0.15) is 24.6 Å². The molecule has 0 radical (unpaired) electrons. The lowest BCUT2D eigenvalue weighted by atomic mass is 10.0. The zero-order chi connectivity index (χ0) is 12.6. The molecule has 0 aliphatic heterocycles. The maximum atomic E-state index is 13.8. The first-order valence-electron chi connectivity index (χ1n) is 6.00. The largest absolute Gasteiger partial charge is 0.345 e. The highest BCUT2D eigenvalue weighted by Crippen LogP contribution is 2.28. The van der Waals surface area contributed by atoms with E-state index in [-0.39, 0.29) is 11.9 Å². The molecular formula is C14H19FN2. The normalized spacial score (nSPS) is 13.2. The van der Waals surface area contributed by atoms with Gasteiger partial charge in [0.25, 0.3) is 0 Å². The standard InChI is InChI=1S/C14H19FN2/c1-9(16)7-8-11-10(2)17(3)14-12(11)5-4-6-13(14)15/h4-6,9H,7-8,16H2,1-3H3. The van der Waals surface area contributed by atoms with Gasteiger partial charge in [0.2, 0.25) is 0 Å². The van der Waals surface area contributed by atoms with Crippen LogP contribution in [0.5, 0.6) is 0 Å². The van der Waals surface area contributed by atoms with Gasteiger partial charge in [-0.3, -0.25) is 0 Å². The zero-order valence-electron chi connectivity index (χ0n) is 10.6. The van der Waals surface area contributed by atoms with Crippen LogP contribution in [0.3, 0.4) is 0 Å². The van der Waals surface area contributed by atoms with Gasteiger partial charge in [0.15, 0.2) is 0 Å². The van der Waals surface area contributed by atoms with Crippen molar-refractivity contribution >= 4 is 10.9 Å². The Kier molecular flexibility index (Phi) is 3.20. The molecule has 0 aliphatic carbocycles. The van der Waals surface area contributed by atoms with E-state index < -0.39 is 0 Å². The van der Waals surface area contributed by atoms with E-state index >= 15 is 0 Å². The van der Waals surface area contributed by atoms with Crippen molar-refractivity contribution in [2.45, 2.75) is 32.7 Å². The molecule has 2 aromatic rings. The zero-order valence-corrected chi connectivity index (χ0v) is 10.6. The summed E-state index contributed by atoms with van der Waals surface area (Å²) in [4.78, 5) is 0. The van der Waals surface area contributed by atoms with Crippen LogP contribution in [0.25, 0.3) is 10.9 Å². The lowest BCUT2D eigenvalue weighted by molar-refractivity contribution is 0.631. The molecule has 0 fully saturated rings. The van der Waals surface area contributed by atoms with Crippen molar-refractivity contribution in [1.29, 1.82) is 0 Å². The molecule has 1 unspecified atom stereocenters. The Balaban J connectivity index is 2.55. The summed E-state index contributed by atoms with van der Waals surface area (Å²) in [5.41, 5.74) is 8.84. The summed E-state index contributed by atoms with van der Waals surface area (Å²) < 4.78 is 15.7. The van der Waals surface area contributed by atoms with Crippen LogP contribution >= 0.6 is 0 Å². The number of halogens is 1. The second-order valence-electron chi connectivity index (χ2n) is 4.77. The van der Waals surface area contributed by atoms with Crippen LogP contribution in [0.15, 0.2) is 18.2 Å². The average molecular weight is 234 g/mol. The number of hydrogen-bond acceptors (Lipinski definition) is 1. The number of para-hydroxylation sites is 1. The second kappa shape index (κ2) is 4.49. The molecule has 2 nitrogen and oxygen atoms in total. The minimum atomic E-state index is -0.153. The SMILES string of the molecule is Cc1c(CCC(C)N)c2cccc(F)c2n1C. The van der Waals surface area contributed by atoms with Crippen LogP contribution in [0.2, 0.25) is 0 Å². The third-order valence-electron chi connectivity index (χ3n) is 3.44. The number of aromatic nitrogens is 1. The Hall–Kier alpha value is -1.35.